The van der Waals surface area contributed by atoms with E-state index in [4.69, 9.17) is 5.11 Å². The maximum Gasteiger partial charge on any atom is 0.155 e. The molecular weight excluding hydrogens is 575 g/mol. The summed E-state index contributed by atoms with van der Waals surface area (Å²) in [5.74, 6) is 0.609. The monoisotopic (exact) mass is 609 g/mol. The molecule has 0 spiro atoms. The SMILES string of the molecule is CC(=O)/C=C(/C)O.CCc1[c-]c(-c2nccc3cc(CC(C)C)ccc23)cc(CC)c1.[Ir]. The van der Waals surface area contributed by atoms with Gasteiger partial charge in [0.25, 0.3) is 0 Å². The molecule has 2 aromatic carbocycles. The predicted molar refractivity (Wildman–Crippen MR) is 130 cm³/mol. The molecule has 32 heavy (non-hydrogen) atoms. The molecule has 0 saturated carbocycles. The van der Waals surface area contributed by atoms with Crippen LogP contribution in [0.2, 0.25) is 0 Å². The first kappa shape index (κ1) is 27.7. The van der Waals surface area contributed by atoms with Gasteiger partial charge in [-0.2, -0.15) is 0 Å². The summed E-state index contributed by atoms with van der Waals surface area (Å²) in [4.78, 5) is 14.7. The number of benzene rings is 2. The normalized spacial score (nSPS) is 11.0. The first-order valence-electron chi connectivity index (χ1n) is 11.0. The van der Waals surface area contributed by atoms with E-state index < -0.39 is 0 Å². The Morgan fingerprint density at radius 1 is 1.06 bits per heavy atom. The zero-order chi connectivity index (χ0) is 23.0. The standard InChI is InChI=1S/C23H26N.C5H8O2.Ir/c1-5-17-12-18(6-2)14-21(13-17)23-22-8-7-19(11-16(3)4)15-20(22)9-10-24-23;1-4(6)3-5(2)7;/h7-10,12-13,15-16H,5-6,11H2,1-4H3;3,6H,1-2H3;/q-1;;/b;4-3-;. The number of aryl methyl sites for hydroxylation is 2. The Bertz CT molecular complexity index is 1040. The van der Waals surface area contributed by atoms with E-state index in [1.54, 1.807) is 0 Å². The zero-order valence-electron chi connectivity index (χ0n) is 20.0. The van der Waals surface area contributed by atoms with Crippen molar-refractivity contribution in [3.63, 3.8) is 0 Å². The van der Waals surface area contributed by atoms with E-state index in [0.717, 1.165) is 30.5 Å². The number of carbonyl (C=O) groups excluding carboxylic acids is 1. The number of hydrogen-bond acceptors (Lipinski definition) is 3. The molecule has 0 atom stereocenters. The molecule has 3 nitrogen and oxygen atoms in total. The fraction of sp³-hybridized carbons (Fsp3) is 0.357. The van der Waals surface area contributed by atoms with Crippen LogP contribution in [0.15, 0.2) is 54.4 Å². The number of ketones is 1. The van der Waals surface area contributed by atoms with Crippen LogP contribution in [0, 0.1) is 12.0 Å². The van der Waals surface area contributed by atoms with Crippen molar-refractivity contribution in [3.05, 3.63) is 77.2 Å². The fourth-order valence-electron chi connectivity index (χ4n) is 3.55. The summed E-state index contributed by atoms with van der Waals surface area (Å²) in [6.07, 6.45) is 6.25. The van der Waals surface area contributed by atoms with Crippen LogP contribution in [-0.2, 0) is 44.2 Å². The van der Waals surface area contributed by atoms with Gasteiger partial charge in [0.1, 0.15) is 0 Å². The molecule has 0 fully saturated rings. The maximum atomic E-state index is 10.0. The number of hydrogen-bond donors (Lipinski definition) is 1. The van der Waals surface area contributed by atoms with Crippen molar-refractivity contribution in [3.8, 4) is 11.3 Å². The molecule has 3 rings (SSSR count). The Morgan fingerprint density at radius 3 is 2.31 bits per heavy atom. The molecular formula is C28H34IrNO2-. The van der Waals surface area contributed by atoms with Gasteiger partial charge in [0, 0.05) is 32.4 Å². The summed E-state index contributed by atoms with van der Waals surface area (Å²) in [6, 6.07) is 17.0. The Hall–Kier alpha value is -2.29. The number of aliphatic hydroxyl groups is 1. The predicted octanol–water partition coefficient (Wildman–Crippen LogP) is 7.06. The topological polar surface area (TPSA) is 50.2 Å². The van der Waals surface area contributed by atoms with Gasteiger partial charge < -0.3 is 10.1 Å². The fourth-order valence-corrected chi connectivity index (χ4v) is 3.55. The summed E-state index contributed by atoms with van der Waals surface area (Å²) in [5, 5.41) is 10.9. The molecule has 0 aliphatic carbocycles. The zero-order valence-corrected chi connectivity index (χ0v) is 22.3. The van der Waals surface area contributed by atoms with Crippen LogP contribution >= 0.6 is 0 Å². The van der Waals surface area contributed by atoms with Crippen molar-refractivity contribution in [1.29, 1.82) is 0 Å². The van der Waals surface area contributed by atoms with Gasteiger partial charge in [-0.1, -0.05) is 45.9 Å². The van der Waals surface area contributed by atoms with Crippen LogP contribution in [0.1, 0.15) is 58.2 Å². The van der Waals surface area contributed by atoms with Crippen molar-refractivity contribution in [2.24, 2.45) is 5.92 Å². The molecule has 0 unspecified atom stereocenters. The third-order valence-corrected chi connectivity index (χ3v) is 4.91. The third-order valence-electron chi connectivity index (χ3n) is 4.91. The number of pyridine rings is 1. The molecule has 1 radical (unpaired) electrons. The van der Waals surface area contributed by atoms with Crippen LogP contribution in [0.4, 0.5) is 0 Å². The molecule has 1 N–H and O–H groups in total. The van der Waals surface area contributed by atoms with Gasteiger partial charge in [0.2, 0.25) is 0 Å². The molecule has 0 aliphatic heterocycles. The van der Waals surface area contributed by atoms with Crippen LogP contribution in [0.3, 0.4) is 0 Å². The average Bonchev–Trinajstić information content (AvgIpc) is 2.71. The number of rotatable bonds is 6. The number of allylic oxidation sites excluding steroid dienone is 2. The van der Waals surface area contributed by atoms with Crippen molar-refractivity contribution >= 4 is 16.6 Å². The first-order valence-corrected chi connectivity index (χ1v) is 11.0. The molecule has 1 heterocycles. The average molecular weight is 609 g/mol. The molecule has 1 aromatic heterocycles. The second-order valence-corrected chi connectivity index (χ2v) is 8.34. The van der Waals surface area contributed by atoms with E-state index in [9.17, 15) is 4.79 Å². The molecule has 173 valence electrons. The van der Waals surface area contributed by atoms with Gasteiger partial charge in [-0.3, -0.25) is 4.79 Å². The Balaban J connectivity index is 0.000000558. The second kappa shape index (κ2) is 13.3. The largest absolute Gasteiger partial charge is 0.512 e. The van der Waals surface area contributed by atoms with Crippen LogP contribution < -0.4 is 0 Å². The summed E-state index contributed by atoms with van der Waals surface area (Å²) in [6.45, 7) is 11.8. The van der Waals surface area contributed by atoms with Gasteiger partial charge in [0.15, 0.2) is 5.78 Å². The molecule has 0 amide bonds. The number of carbonyl (C=O) groups is 1. The third kappa shape index (κ3) is 8.33. The second-order valence-electron chi connectivity index (χ2n) is 8.34. The van der Waals surface area contributed by atoms with E-state index in [2.05, 4.69) is 75.1 Å². The number of nitrogens with zero attached hydrogens (tertiary/aromatic N) is 1. The van der Waals surface area contributed by atoms with Gasteiger partial charge in [-0.25, -0.2) is 0 Å². The molecule has 0 saturated heterocycles. The first-order chi connectivity index (χ1) is 14.7. The van der Waals surface area contributed by atoms with Crippen LogP contribution in [0.25, 0.3) is 22.0 Å². The Morgan fingerprint density at radius 2 is 1.78 bits per heavy atom. The smallest absolute Gasteiger partial charge is 0.155 e. The van der Waals surface area contributed by atoms with Crippen molar-refractivity contribution < 1.29 is 30.0 Å². The molecule has 4 heteroatoms. The number of fused-ring (bicyclic) bond motifs is 1. The van der Waals surface area contributed by atoms with Gasteiger partial charge in [0.05, 0.1) is 5.76 Å². The molecule has 0 aliphatic rings. The number of aliphatic hydroxyl groups excluding tert-OH is 1. The van der Waals surface area contributed by atoms with Gasteiger partial charge >= 0.3 is 0 Å². The van der Waals surface area contributed by atoms with E-state index in [0.29, 0.717) is 5.92 Å². The van der Waals surface area contributed by atoms with Gasteiger partial charge in [-0.15, -0.1) is 34.9 Å². The van der Waals surface area contributed by atoms with E-state index >= 15 is 0 Å². The van der Waals surface area contributed by atoms with Crippen molar-refractivity contribution in [2.75, 3.05) is 0 Å². The summed E-state index contributed by atoms with van der Waals surface area (Å²) >= 11 is 0. The Kier molecular flexibility index (Phi) is 11.5. The van der Waals surface area contributed by atoms with E-state index in [-0.39, 0.29) is 31.6 Å². The Labute approximate surface area is 206 Å². The van der Waals surface area contributed by atoms with Crippen LogP contribution in [0.5, 0.6) is 0 Å². The quantitative estimate of drug-likeness (QED) is 0.185. The van der Waals surface area contributed by atoms with Crippen molar-refractivity contribution in [2.45, 2.75) is 60.8 Å². The minimum absolute atomic E-state index is 0. The minimum atomic E-state index is -0.125. The molecule has 3 aromatic rings. The maximum absolute atomic E-state index is 10.0. The summed E-state index contributed by atoms with van der Waals surface area (Å²) in [5.41, 5.74) is 6.19. The minimum Gasteiger partial charge on any atom is -0.512 e. The van der Waals surface area contributed by atoms with E-state index in [1.165, 1.54) is 47.4 Å². The van der Waals surface area contributed by atoms with Gasteiger partial charge in [-0.05, 0) is 67.1 Å². The van der Waals surface area contributed by atoms with E-state index in [1.807, 2.05) is 6.20 Å². The molecule has 0 bridgehead atoms. The van der Waals surface area contributed by atoms with Crippen molar-refractivity contribution in [1.82, 2.24) is 4.98 Å². The summed E-state index contributed by atoms with van der Waals surface area (Å²) < 4.78 is 0. The summed E-state index contributed by atoms with van der Waals surface area (Å²) in [7, 11) is 0. The number of aromatic nitrogens is 1. The van der Waals surface area contributed by atoms with Crippen LogP contribution in [-0.4, -0.2) is 15.9 Å².